The molecule has 1 aliphatic heterocycles. The monoisotopic (exact) mass is 437 g/mol. The number of nitrogens with one attached hydrogen (secondary N) is 1. The van der Waals surface area contributed by atoms with E-state index in [9.17, 15) is 0 Å². The van der Waals surface area contributed by atoms with Crippen LogP contribution in [0.3, 0.4) is 0 Å². The predicted octanol–water partition coefficient (Wildman–Crippen LogP) is 5.92. The zero-order valence-corrected chi connectivity index (χ0v) is 16.9. The lowest BCUT2D eigenvalue weighted by Gasteiger charge is -2.27. The lowest BCUT2D eigenvalue weighted by atomic mass is 10.0. The minimum absolute atomic E-state index is 0.0294. The molecule has 0 fully saturated rings. The fraction of sp³-hybridized carbons (Fsp3) is 0.0952. The van der Waals surface area contributed by atoms with Crippen molar-refractivity contribution in [1.29, 1.82) is 0 Å². The van der Waals surface area contributed by atoms with Gasteiger partial charge in [0.2, 0.25) is 5.95 Å². The highest BCUT2D eigenvalue weighted by atomic mass is 79.9. The maximum Gasteiger partial charge on any atom is 0.209 e. The van der Waals surface area contributed by atoms with Gasteiger partial charge in [-0.2, -0.15) is 0 Å². The van der Waals surface area contributed by atoms with Gasteiger partial charge in [-0.15, -0.1) is 11.3 Å². The van der Waals surface area contributed by atoms with Gasteiger partial charge in [-0.25, -0.2) is 4.98 Å². The quantitative estimate of drug-likeness (QED) is 0.431. The van der Waals surface area contributed by atoms with Crippen LogP contribution in [0, 0.1) is 0 Å². The van der Waals surface area contributed by atoms with Crippen molar-refractivity contribution in [2.45, 2.75) is 6.04 Å². The minimum atomic E-state index is -0.0294. The summed E-state index contributed by atoms with van der Waals surface area (Å²) >= 11 is 5.32. The fourth-order valence-corrected chi connectivity index (χ4v) is 4.64. The molecule has 3 heterocycles. The average molecular weight is 438 g/mol. The van der Waals surface area contributed by atoms with Gasteiger partial charge in [0.05, 0.1) is 34.8 Å². The fourth-order valence-electron chi connectivity index (χ4n) is 3.55. The van der Waals surface area contributed by atoms with Crippen LogP contribution in [0.25, 0.3) is 16.7 Å². The highest BCUT2D eigenvalue weighted by Crippen LogP contribution is 2.41. The number of benzene rings is 2. The van der Waals surface area contributed by atoms with Crippen molar-refractivity contribution in [2.75, 3.05) is 12.4 Å². The van der Waals surface area contributed by atoms with Gasteiger partial charge in [-0.05, 0) is 47.9 Å². The van der Waals surface area contributed by atoms with Crippen molar-refractivity contribution >= 4 is 49.9 Å². The van der Waals surface area contributed by atoms with Gasteiger partial charge in [-0.1, -0.05) is 34.1 Å². The molecule has 5 rings (SSSR count). The van der Waals surface area contributed by atoms with E-state index in [4.69, 9.17) is 9.72 Å². The van der Waals surface area contributed by atoms with Gasteiger partial charge >= 0.3 is 0 Å². The second-order valence-corrected chi connectivity index (χ2v) is 8.17. The first-order chi connectivity index (χ1) is 13.2. The third-order valence-corrected chi connectivity index (χ3v) is 6.14. The maximum absolute atomic E-state index is 5.68. The molecule has 0 saturated carbocycles. The summed E-state index contributed by atoms with van der Waals surface area (Å²) in [6.45, 7) is 0. The van der Waals surface area contributed by atoms with Gasteiger partial charge in [0.1, 0.15) is 5.75 Å². The molecule has 1 aliphatic rings. The molecule has 134 valence electrons. The first kappa shape index (κ1) is 16.6. The van der Waals surface area contributed by atoms with Crippen LogP contribution in [0.15, 0.2) is 70.5 Å². The first-order valence-corrected chi connectivity index (χ1v) is 10.2. The number of para-hydroxylation sites is 2. The summed E-state index contributed by atoms with van der Waals surface area (Å²) in [4.78, 5) is 6.02. The number of allylic oxidation sites excluding steroid dienone is 1. The molecule has 4 nitrogen and oxygen atoms in total. The molecule has 2 aromatic heterocycles. The van der Waals surface area contributed by atoms with E-state index < -0.39 is 0 Å². The van der Waals surface area contributed by atoms with Crippen molar-refractivity contribution in [3.8, 4) is 5.75 Å². The average Bonchev–Trinajstić information content (AvgIpc) is 3.35. The molecule has 0 radical (unpaired) electrons. The Hall–Kier alpha value is -2.57. The van der Waals surface area contributed by atoms with Crippen LogP contribution in [0.2, 0.25) is 0 Å². The lowest BCUT2D eigenvalue weighted by Crippen LogP contribution is -2.19. The molecular formula is C21H16BrN3OS. The number of nitrogens with zero attached hydrogens (tertiary/aromatic N) is 2. The Bertz CT molecular complexity index is 1160. The highest BCUT2D eigenvalue weighted by Gasteiger charge is 2.27. The van der Waals surface area contributed by atoms with Crippen molar-refractivity contribution in [3.63, 3.8) is 0 Å². The molecule has 1 atom stereocenters. The van der Waals surface area contributed by atoms with E-state index in [2.05, 4.69) is 61.5 Å². The van der Waals surface area contributed by atoms with E-state index in [1.165, 1.54) is 4.88 Å². The standard InChI is InChI=1S/C21H16BrN3OS/c1-26-19-9-8-13(22)11-14(19)18-12-16(20-7-4-10-27-20)24-21-23-15-5-2-3-6-17(15)25(18)21/h2-12,18H,1H3,(H,23,24). The summed E-state index contributed by atoms with van der Waals surface area (Å²) in [6.07, 6.45) is 2.25. The number of halogens is 1. The van der Waals surface area contributed by atoms with E-state index in [-0.39, 0.29) is 6.04 Å². The third-order valence-electron chi connectivity index (χ3n) is 4.74. The zero-order valence-electron chi connectivity index (χ0n) is 14.5. The zero-order chi connectivity index (χ0) is 18.4. The molecule has 0 amide bonds. The Morgan fingerprint density at radius 2 is 2.04 bits per heavy atom. The van der Waals surface area contributed by atoms with Gasteiger partial charge in [-0.3, -0.25) is 4.57 Å². The van der Waals surface area contributed by atoms with Crippen LogP contribution in [-0.4, -0.2) is 16.7 Å². The van der Waals surface area contributed by atoms with Gasteiger partial charge in [0, 0.05) is 10.0 Å². The summed E-state index contributed by atoms with van der Waals surface area (Å²) in [5.74, 6) is 1.70. The number of methoxy groups -OCH3 is 1. The van der Waals surface area contributed by atoms with Crippen LogP contribution in [0.1, 0.15) is 16.5 Å². The molecule has 1 unspecified atom stereocenters. The minimum Gasteiger partial charge on any atom is -0.496 e. The van der Waals surface area contributed by atoms with Crippen molar-refractivity contribution in [1.82, 2.24) is 9.55 Å². The molecule has 0 bridgehead atoms. The number of imidazole rings is 1. The van der Waals surface area contributed by atoms with E-state index in [1.54, 1.807) is 18.4 Å². The van der Waals surface area contributed by atoms with E-state index in [0.717, 1.165) is 38.5 Å². The van der Waals surface area contributed by atoms with Crippen LogP contribution >= 0.6 is 27.3 Å². The number of hydrogen-bond acceptors (Lipinski definition) is 4. The van der Waals surface area contributed by atoms with E-state index in [0.29, 0.717) is 0 Å². The van der Waals surface area contributed by atoms with E-state index >= 15 is 0 Å². The number of rotatable bonds is 3. The molecule has 0 spiro atoms. The lowest BCUT2D eigenvalue weighted by molar-refractivity contribution is 0.406. The Balaban J connectivity index is 1.78. The molecular weight excluding hydrogens is 422 g/mol. The molecule has 0 saturated heterocycles. The van der Waals surface area contributed by atoms with Gasteiger partial charge < -0.3 is 10.1 Å². The summed E-state index contributed by atoms with van der Waals surface area (Å²) in [5, 5.41) is 5.60. The van der Waals surface area contributed by atoms with Crippen LogP contribution in [0.4, 0.5) is 5.95 Å². The molecule has 4 aromatic rings. The van der Waals surface area contributed by atoms with Crippen molar-refractivity contribution in [2.24, 2.45) is 0 Å². The van der Waals surface area contributed by atoms with Crippen LogP contribution in [0.5, 0.6) is 5.75 Å². The van der Waals surface area contributed by atoms with Gasteiger partial charge in [0.15, 0.2) is 0 Å². The molecule has 1 N–H and O–H groups in total. The highest BCUT2D eigenvalue weighted by molar-refractivity contribution is 9.10. The number of aromatic nitrogens is 2. The summed E-state index contributed by atoms with van der Waals surface area (Å²) in [7, 11) is 1.71. The molecule has 0 aliphatic carbocycles. The SMILES string of the molecule is COc1ccc(Br)cc1C1C=C(c2cccs2)Nc2nc3ccccc3n21. The van der Waals surface area contributed by atoms with E-state index in [1.807, 2.05) is 30.3 Å². The Labute approximate surface area is 169 Å². The second-order valence-electron chi connectivity index (χ2n) is 6.31. The summed E-state index contributed by atoms with van der Waals surface area (Å²) in [6, 6.07) is 18.5. The predicted molar refractivity (Wildman–Crippen MR) is 114 cm³/mol. The molecule has 2 aromatic carbocycles. The number of thiophene rings is 1. The number of fused-ring (bicyclic) bond motifs is 3. The maximum atomic E-state index is 5.68. The number of anilines is 1. The Kier molecular flexibility index (Phi) is 4.02. The topological polar surface area (TPSA) is 39.1 Å². The second kappa shape index (κ2) is 6.55. The normalized spacial score (nSPS) is 15.9. The van der Waals surface area contributed by atoms with Gasteiger partial charge in [0.25, 0.3) is 0 Å². The van der Waals surface area contributed by atoms with Crippen LogP contribution in [-0.2, 0) is 0 Å². The first-order valence-electron chi connectivity index (χ1n) is 8.58. The third kappa shape index (κ3) is 2.76. The van der Waals surface area contributed by atoms with Crippen molar-refractivity contribution < 1.29 is 4.74 Å². The Morgan fingerprint density at radius 3 is 2.85 bits per heavy atom. The molecule has 27 heavy (non-hydrogen) atoms. The summed E-state index contributed by atoms with van der Waals surface area (Å²) < 4.78 is 8.94. The van der Waals surface area contributed by atoms with Crippen molar-refractivity contribution in [3.05, 3.63) is 81.0 Å². The molecule has 6 heteroatoms. The van der Waals surface area contributed by atoms with Crippen LogP contribution < -0.4 is 10.1 Å². The summed E-state index contributed by atoms with van der Waals surface area (Å²) in [5.41, 5.74) is 4.22. The number of hydrogen-bond donors (Lipinski definition) is 1. The largest absolute Gasteiger partial charge is 0.496 e. The smallest absolute Gasteiger partial charge is 0.209 e. The Morgan fingerprint density at radius 1 is 1.15 bits per heavy atom. The number of ether oxygens (including phenoxy) is 1.